The minimum absolute atomic E-state index is 0.00607. The van der Waals surface area contributed by atoms with E-state index in [4.69, 9.17) is 32.7 Å². The number of hydrogen-bond acceptors (Lipinski definition) is 5. The summed E-state index contributed by atoms with van der Waals surface area (Å²) >= 11 is 12.3. The van der Waals surface area contributed by atoms with Crippen molar-refractivity contribution in [2.24, 2.45) is 5.92 Å². The Balaban J connectivity index is 2.11. The molecule has 0 aromatic heterocycles. The van der Waals surface area contributed by atoms with Gasteiger partial charge in [-0.3, -0.25) is 9.59 Å². The molecule has 0 spiro atoms. The van der Waals surface area contributed by atoms with Crippen LogP contribution in [-0.2, 0) is 14.3 Å². The Morgan fingerprint density at radius 2 is 1.85 bits per heavy atom. The number of Topliss-reactive ketones (excluding diaryl/α,β-unsaturated/α-hetero) is 1. The summed E-state index contributed by atoms with van der Waals surface area (Å²) in [7, 11) is 1.51. The number of hydrogen-bond donors (Lipinski definition) is 1. The van der Waals surface area contributed by atoms with E-state index in [1.54, 1.807) is 36.4 Å². The van der Waals surface area contributed by atoms with Gasteiger partial charge in [-0.2, -0.15) is 0 Å². The minimum atomic E-state index is -0.828. The standard InChI is InChI=1S/C25H27Cl2NO5/c1-14(2)13-33-17-6-7-18(15(3)11-17)23(29)21-22(16-5-8-19(26)20(27)12-16)28(9-10-32-4)25(31)24(21)30/h5-8,11-12,14,22,29H,9-10,13H2,1-4H3/b23-21+. The van der Waals surface area contributed by atoms with Crippen molar-refractivity contribution in [2.45, 2.75) is 26.8 Å². The van der Waals surface area contributed by atoms with Gasteiger partial charge in [-0.15, -0.1) is 0 Å². The topological polar surface area (TPSA) is 76.1 Å². The molecule has 6 nitrogen and oxygen atoms in total. The van der Waals surface area contributed by atoms with E-state index in [1.165, 1.54) is 12.0 Å². The van der Waals surface area contributed by atoms with Crippen LogP contribution in [-0.4, -0.2) is 48.6 Å². The zero-order valence-corrected chi connectivity index (χ0v) is 20.5. The van der Waals surface area contributed by atoms with Crippen molar-refractivity contribution >= 4 is 40.7 Å². The number of aryl methyl sites for hydroxylation is 1. The molecule has 33 heavy (non-hydrogen) atoms. The summed E-state index contributed by atoms with van der Waals surface area (Å²) in [4.78, 5) is 27.3. The lowest BCUT2D eigenvalue weighted by Crippen LogP contribution is -2.32. The van der Waals surface area contributed by atoms with Crippen LogP contribution in [0.3, 0.4) is 0 Å². The predicted molar refractivity (Wildman–Crippen MR) is 129 cm³/mol. The van der Waals surface area contributed by atoms with Crippen molar-refractivity contribution in [1.29, 1.82) is 0 Å². The maximum absolute atomic E-state index is 13.1. The van der Waals surface area contributed by atoms with Gasteiger partial charge in [-0.25, -0.2) is 0 Å². The van der Waals surface area contributed by atoms with E-state index in [0.29, 0.717) is 40.0 Å². The average molecular weight is 492 g/mol. The quantitative estimate of drug-likeness (QED) is 0.303. The van der Waals surface area contributed by atoms with E-state index in [1.807, 2.05) is 6.92 Å². The number of methoxy groups -OCH3 is 1. The van der Waals surface area contributed by atoms with Crippen LogP contribution >= 0.6 is 23.2 Å². The van der Waals surface area contributed by atoms with Crippen molar-refractivity contribution in [3.63, 3.8) is 0 Å². The van der Waals surface area contributed by atoms with Crippen LogP contribution in [0.4, 0.5) is 0 Å². The third-order valence-corrected chi connectivity index (χ3v) is 6.11. The number of carbonyl (C=O) groups is 2. The number of carbonyl (C=O) groups excluding carboxylic acids is 2. The summed E-state index contributed by atoms with van der Waals surface area (Å²) in [5.41, 5.74) is 1.72. The molecule has 0 saturated carbocycles. The van der Waals surface area contributed by atoms with Crippen LogP contribution in [0.5, 0.6) is 5.75 Å². The Morgan fingerprint density at radius 1 is 1.12 bits per heavy atom. The van der Waals surface area contributed by atoms with E-state index >= 15 is 0 Å². The summed E-state index contributed by atoms with van der Waals surface area (Å²) < 4.78 is 10.9. The van der Waals surface area contributed by atoms with E-state index in [9.17, 15) is 14.7 Å². The molecule has 1 aliphatic heterocycles. The van der Waals surface area contributed by atoms with Gasteiger partial charge in [0.05, 0.1) is 34.9 Å². The third kappa shape index (κ3) is 5.35. The molecule has 8 heteroatoms. The molecule has 2 aromatic carbocycles. The maximum Gasteiger partial charge on any atom is 0.295 e. The first-order valence-corrected chi connectivity index (χ1v) is 11.4. The normalized spacial score (nSPS) is 17.8. The molecular weight excluding hydrogens is 465 g/mol. The fraction of sp³-hybridized carbons (Fsp3) is 0.360. The molecule has 1 fully saturated rings. The molecule has 0 aliphatic carbocycles. The van der Waals surface area contributed by atoms with Gasteiger partial charge in [0.1, 0.15) is 11.5 Å². The highest BCUT2D eigenvalue weighted by Crippen LogP contribution is 2.41. The fourth-order valence-electron chi connectivity index (χ4n) is 3.73. The second kappa shape index (κ2) is 10.6. The molecule has 1 N–H and O–H groups in total. The fourth-order valence-corrected chi connectivity index (χ4v) is 4.04. The first-order valence-electron chi connectivity index (χ1n) is 10.6. The van der Waals surface area contributed by atoms with Crippen molar-refractivity contribution < 1.29 is 24.2 Å². The number of halogens is 2. The second-order valence-electron chi connectivity index (χ2n) is 8.34. The Kier molecular flexibility index (Phi) is 8.05. The average Bonchev–Trinajstić information content (AvgIpc) is 3.02. The maximum atomic E-state index is 13.1. The Bertz CT molecular complexity index is 1100. The molecule has 0 radical (unpaired) electrons. The molecule has 1 unspecified atom stereocenters. The van der Waals surface area contributed by atoms with Crippen LogP contribution in [0.1, 0.15) is 36.6 Å². The smallest absolute Gasteiger partial charge is 0.295 e. The molecule has 1 atom stereocenters. The number of aliphatic hydroxyl groups excluding tert-OH is 1. The van der Waals surface area contributed by atoms with E-state index in [-0.39, 0.29) is 29.5 Å². The molecule has 1 heterocycles. The Morgan fingerprint density at radius 3 is 2.45 bits per heavy atom. The van der Waals surface area contributed by atoms with Gasteiger partial charge in [-0.1, -0.05) is 43.1 Å². The zero-order valence-electron chi connectivity index (χ0n) is 19.0. The van der Waals surface area contributed by atoms with Gasteiger partial charge in [0.15, 0.2) is 0 Å². The van der Waals surface area contributed by atoms with Crippen LogP contribution < -0.4 is 4.74 Å². The molecule has 176 valence electrons. The van der Waals surface area contributed by atoms with Crippen molar-refractivity contribution in [3.8, 4) is 5.75 Å². The van der Waals surface area contributed by atoms with Gasteiger partial charge in [0, 0.05) is 19.2 Å². The van der Waals surface area contributed by atoms with Gasteiger partial charge in [0.2, 0.25) is 0 Å². The highest BCUT2D eigenvalue weighted by molar-refractivity contribution is 6.47. The molecule has 2 aromatic rings. The molecule has 1 saturated heterocycles. The first kappa shape index (κ1) is 25.1. The lowest BCUT2D eigenvalue weighted by atomic mass is 9.94. The summed E-state index contributed by atoms with van der Waals surface area (Å²) in [5, 5.41) is 11.9. The van der Waals surface area contributed by atoms with E-state index in [2.05, 4.69) is 13.8 Å². The number of nitrogens with zero attached hydrogens (tertiary/aromatic N) is 1. The largest absolute Gasteiger partial charge is 0.507 e. The van der Waals surface area contributed by atoms with Gasteiger partial charge in [0.25, 0.3) is 11.7 Å². The van der Waals surface area contributed by atoms with Gasteiger partial charge >= 0.3 is 0 Å². The van der Waals surface area contributed by atoms with Gasteiger partial charge < -0.3 is 19.5 Å². The highest BCUT2D eigenvalue weighted by Gasteiger charge is 2.46. The van der Waals surface area contributed by atoms with Crippen molar-refractivity contribution in [2.75, 3.05) is 26.9 Å². The predicted octanol–water partition coefficient (Wildman–Crippen LogP) is 5.40. The van der Waals surface area contributed by atoms with Crippen LogP contribution in [0, 0.1) is 12.8 Å². The number of amides is 1. The number of ketones is 1. The van der Waals surface area contributed by atoms with E-state index in [0.717, 1.165) is 0 Å². The SMILES string of the molecule is COCCN1C(=O)C(=O)/C(=C(/O)c2ccc(OCC(C)C)cc2C)C1c1ccc(Cl)c(Cl)c1. The summed E-state index contributed by atoms with van der Waals surface area (Å²) in [6.07, 6.45) is 0. The van der Waals surface area contributed by atoms with E-state index < -0.39 is 17.7 Å². The number of benzene rings is 2. The molecular formula is C25H27Cl2NO5. The first-order chi connectivity index (χ1) is 15.6. The zero-order chi connectivity index (χ0) is 24.3. The molecule has 1 amide bonds. The van der Waals surface area contributed by atoms with Gasteiger partial charge in [-0.05, 0) is 54.3 Å². The lowest BCUT2D eigenvalue weighted by molar-refractivity contribution is -0.140. The van der Waals surface area contributed by atoms with Crippen LogP contribution in [0.15, 0.2) is 42.0 Å². The van der Waals surface area contributed by atoms with Crippen molar-refractivity contribution in [1.82, 2.24) is 4.90 Å². The Hall–Kier alpha value is -2.54. The monoisotopic (exact) mass is 491 g/mol. The second-order valence-corrected chi connectivity index (χ2v) is 9.15. The molecule has 0 bridgehead atoms. The molecule has 3 rings (SSSR count). The lowest BCUT2D eigenvalue weighted by Gasteiger charge is -2.25. The highest BCUT2D eigenvalue weighted by atomic mass is 35.5. The number of ether oxygens (including phenoxy) is 2. The third-order valence-electron chi connectivity index (χ3n) is 5.37. The van der Waals surface area contributed by atoms with Crippen molar-refractivity contribution in [3.05, 3.63) is 68.7 Å². The summed E-state index contributed by atoms with van der Waals surface area (Å²) in [6, 6.07) is 9.28. The Labute approximate surface area is 203 Å². The summed E-state index contributed by atoms with van der Waals surface area (Å²) in [5.74, 6) is -0.692. The van der Waals surface area contributed by atoms with Crippen LogP contribution in [0.25, 0.3) is 5.76 Å². The summed E-state index contributed by atoms with van der Waals surface area (Å²) in [6.45, 7) is 6.88. The number of aliphatic hydroxyl groups is 1. The van der Waals surface area contributed by atoms with Crippen LogP contribution in [0.2, 0.25) is 10.0 Å². The minimum Gasteiger partial charge on any atom is -0.507 e. The number of rotatable bonds is 8. The number of likely N-dealkylation sites (tertiary alicyclic amines) is 1. The molecule has 1 aliphatic rings.